The van der Waals surface area contributed by atoms with Crippen LogP contribution in [0.3, 0.4) is 0 Å². The van der Waals surface area contributed by atoms with Crippen molar-refractivity contribution in [1.29, 1.82) is 0 Å². The van der Waals surface area contributed by atoms with Gasteiger partial charge >= 0.3 is 5.97 Å². The number of rotatable bonds is 13. The van der Waals surface area contributed by atoms with Gasteiger partial charge in [0.25, 0.3) is 0 Å². The standard InChI is InChI=1S/C30H36O7/c1-5-35-28(16-29(33)34-4)23-9-11-26(12-10-23)36-18-22-7-6-8-24(15-22)30-20(2)13-27(14-21(30)3)37-19-25(32)17-31/h6-15,25,28,31-32H,5,16-19H2,1-4H3/t25-,28-/m0/s1. The summed E-state index contributed by atoms with van der Waals surface area (Å²) in [6, 6.07) is 19.7. The third-order valence-electron chi connectivity index (χ3n) is 5.98. The number of methoxy groups -OCH3 is 1. The van der Waals surface area contributed by atoms with Crippen molar-refractivity contribution in [1.82, 2.24) is 0 Å². The first-order valence-electron chi connectivity index (χ1n) is 12.4. The first-order valence-corrected chi connectivity index (χ1v) is 12.4. The summed E-state index contributed by atoms with van der Waals surface area (Å²) in [6.45, 7) is 6.56. The Morgan fingerprint density at radius 2 is 1.65 bits per heavy atom. The number of aliphatic hydroxyl groups excluding tert-OH is 2. The van der Waals surface area contributed by atoms with Crippen molar-refractivity contribution < 1.29 is 34.0 Å². The van der Waals surface area contributed by atoms with E-state index in [0.29, 0.717) is 19.0 Å². The lowest BCUT2D eigenvalue weighted by Gasteiger charge is -2.17. The van der Waals surface area contributed by atoms with Gasteiger partial charge in [-0.2, -0.15) is 0 Å². The number of aliphatic hydroxyl groups is 2. The summed E-state index contributed by atoms with van der Waals surface area (Å²) in [4.78, 5) is 11.7. The molecule has 0 aromatic heterocycles. The van der Waals surface area contributed by atoms with Gasteiger partial charge in [-0.05, 0) is 84.5 Å². The van der Waals surface area contributed by atoms with Crippen molar-refractivity contribution >= 4 is 5.97 Å². The molecule has 0 spiro atoms. The van der Waals surface area contributed by atoms with Crippen molar-refractivity contribution in [2.45, 2.75) is 46.0 Å². The Balaban J connectivity index is 1.68. The van der Waals surface area contributed by atoms with Crippen LogP contribution in [0.15, 0.2) is 60.7 Å². The first-order chi connectivity index (χ1) is 17.8. The Bertz CT molecular complexity index is 1130. The molecule has 37 heavy (non-hydrogen) atoms. The predicted molar refractivity (Wildman–Crippen MR) is 142 cm³/mol. The van der Waals surface area contributed by atoms with E-state index >= 15 is 0 Å². The summed E-state index contributed by atoms with van der Waals surface area (Å²) in [6.07, 6.45) is -1.10. The Kier molecular flexibility index (Phi) is 10.5. The van der Waals surface area contributed by atoms with E-state index in [9.17, 15) is 9.90 Å². The molecule has 0 aliphatic carbocycles. The number of carbonyl (C=O) groups is 1. The Labute approximate surface area is 218 Å². The molecule has 7 heteroatoms. The number of ether oxygens (including phenoxy) is 4. The van der Waals surface area contributed by atoms with Crippen LogP contribution in [0, 0.1) is 13.8 Å². The van der Waals surface area contributed by atoms with Gasteiger partial charge in [-0.15, -0.1) is 0 Å². The van der Waals surface area contributed by atoms with Gasteiger partial charge < -0.3 is 29.2 Å². The molecule has 0 amide bonds. The Morgan fingerprint density at radius 1 is 0.946 bits per heavy atom. The second-order valence-electron chi connectivity index (χ2n) is 8.86. The summed E-state index contributed by atoms with van der Waals surface area (Å²) in [7, 11) is 1.37. The maximum absolute atomic E-state index is 11.7. The molecule has 2 atom stereocenters. The number of hydrogen-bond acceptors (Lipinski definition) is 7. The molecular formula is C30H36O7. The maximum Gasteiger partial charge on any atom is 0.308 e. The molecule has 0 saturated heterocycles. The van der Waals surface area contributed by atoms with Gasteiger partial charge in [0.2, 0.25) is 0 Å². The van der Waals surface area contributed by atoms with E-state index in [0.717, 1.165) is 39.1 Å². The molecule has 0 bridgehead atoms. The van der Waals surface area contributed by atoms with Crippen LogP contribution in [0.5, 0.6) is 11.5 Å². The van der Waals surface area contributed by atoms with Crippen LogP contribution in [0.2, 0.25) is 0 Å². The molecule has 0 aliphatic heterocycles. The maximum atomic E-state index is 11.7. The molecule has 3 aromatic rings. The van der Waals surface area contributed by atoms with Crippen LogP contribution in [-0.2, 0) is 20.9 Å². The Morgan fingerprint density at radius 3 is 2.27 bits per heavy atom. The van der Waals surface area contributed by atoms with Crippen LogP contribution in [-0.4, -0.2) is 49.2 Å². The fourth-order valence-electron chi connectivity index (χ4n) is 4.18. The highest BCUT2D eigenvalue weighted by Gasteiger charge is 2.17. The van der Waals surface area contributed by atoms with E-state index in [-0.39, 0.29) is 31.7 Å². The molecule has 0 saturated carbocycles. The van der Waals surface area contributed by atoms with Gasteiger partial charge in [-0.1, -0.05) is 30.3 Å². The van der Waals surface area contributed by atoms with E-state index in [1.54, 1.807) is 0 Å². The van der Waals surface area contributed by atoms with Gasteiger partial charge in [-0.25, -0.2) is 0 Å². The zero-order chi connectivity index (χ0) is 26.8. The highest BCUT2D eigenvalue weighted by atomic mass is 16.5. The van der Waals surface area contributed by atoms with E-state index in [1.807, 2.05) is 69.3 Å². The fraction of sp³-hybridized carbons (Fsp3) is 0.367. The average molecular weight is 509 g/mol. The normalized spacial score (nSPS) is 12.6. The lowest BCUT2D eigenvalue weighted by atomic mass is 9.94. The third kappa shape index (κ3) is 8.05. The summed E-state index contributed by atoms with van der Waals surface area (Å²) in [5, 5.41) is 18.5. The fourth-order valence-corrected chi connectivity index (χ4v) is 4.18. The van der Waals surface area contributed by atoms with E-state index in [2.05, 4.69) is 12.1 Å². The minimum Gasteiger partial charge on any atom is -0.491 e. The van der Waals surface area contributed by atoms with Gasteiger partial charge in [-0.3, -0.25) is 4.79 Å². The van der Waals surface area contributed by atoms with Gasteiger partial charge in [0.05, 0.1) is 26.2 Å². The largest absolute Gasteiger partial charge is 0.491 e. The zero-order valence-corrected chi connectivity index (χ0v) is 21.9. The van der Waals surface area contributed by atoms with E-state index < -0.39 is 6.10 Å². The molecule has 3 rings (SSSR count). The molecule has 2 N–H and O–H groups in total. The van der Waals surface area contributed by atoms with Crippen molar-refractivity contribution in [2.75, 3.05) is 26.9 Å². The van der Waals surface area contributed by atoms with Crippen molar-refractivity contribution in [3.8, 4) is 22.6 Å². The zero-order valence-electron chi connectivity index (χ0n) is 21.9. The van der Waals surface area contributed by atoms with Crippen molar-refractivity contribution in [2.24, 2.45) is 0 Å². The number of carbonyl (C=O) groups excluding carboxylic acids is 1. The van der Waals surface area contributed by atoms with Crippen molar-refractivity contribution in [3.05, 3.63) is 82.9 Å². The topological polar surface area (TPSA) is 94.5 Å². The molecule has 0 aliphatic rings. The molecule has 3 aromatic carbocycles. The summed E-state index contributed by atoms with van der Waals surface area (Å²) >= 11 is 0. The Hall–Kier alpha value is -3.39. The molecule has 0 unspecified atom stereocenters. The number of esters is 1. The smallest absolute Gasteiger partial charge is 0.308 e. The van der Waals surface area contributed by atoms with Crippen LogP contribution < -0.4 is 9.47 Å². The van der Waals surface area contributed by atoms with E-state index in [1.165, 1.54) is 7.11 Å². The van der Waals surface area contributed by atoms with Crippen LogP contribution in [0.4, 0.5) is 0 Å². The quantitative estimate of drug-likeness (QED) is 0.317. The number of benzene rings is 3. The van der Waals surface area contributed by atoms with E-state index in [4.69, 9.17) is 24.1 Å². The van der Waals surface area contributed by atoms with Crippen molar-refractivity contribution in [3.63, 3.8) is 0 Å². The van der Waals surface area contributed by atoms with Gasteiger partial charge in [0.1, 0.15) is 30.8 Å². The second-order valence-corrected chi connectivity index (χ2v) is 8.86. The number of aryl methyl sites for hydroxylation is 2. The molecular weight excluding hydrogens is 472 g/mol. The summed E-state index contributed by atoms with van der Waals surface area (Å²) in [5.74, 6) is 1.07. The molecule has 0 fully saturated rings. The SMILES string of the molecule is CCO[C@@H](CC(=O)OC)c1ccc(OCc2cccc(-c3c(C)cc(OC[C@@H](O)CO)cc3C)c2)cc1. The van der Waals surface area contributed by atoms with Crippen LogP contribution in [0.1, 0.15) is 41.7 Å². The molecule has 7 nitrogen and oxygen atoms in total. The lowest BCUT2D eigenvalue weighted by Crippen LogP contribution is -2.21. The second kappa shape index (κ2) is 13.8. The molecule has 0 heterocycles. The third-order valence-corrected chi connectivity index (χ3v) is 5.98. The highest BCUT2D eigenvalue weighted by molar-refractivity contribution is 5.72. The van der Waals surface area contributed by atoms with Gasteiger partial charge in [0, 0.05) is 6.61 Å². The lowest BCUT2D eigenvalue weighted by molar-refractivity contribution is -0.143. The minimum absolute atomic E-state index is 0.0418. The summed E-state index contributed by atoms with van der Waals surface area (Å²) in [5.41, 5.74) is 6.23. The minimum atomic E-state index is -0.904. The first kappa shape index (κ1) is 28.2. The molecule has 0 radical (unpaired) electrons. The summed E-state index contributed by atoms with van der Waals surface area (Å²) < 4.78 is 22.1. The highest BCUT2D eigenvalue weighted by Crippen LogP contribution is 2.32. The average Bonchev–Trinajstić information content (AvgIpc) is 2.90. The van der Waals surface area contributed by atoms with Crippen LogP contribution >= 0.6 is 0 Å². The van der Waals surface area contributed by atoms with Crippen LogP contribution in [0.25, 0.3) is 11.1 Å². The molecule has 198 valence electrons. The van der Waals surface area contributed by atoms with Gasteiger partial charge in [0.15, 0.2) is 0 Å². The monoisotopic (exact) mass is 508 g/mol. The number of hydrogen-bond donors (Lipinski definition) is 2. The predicted octanol–water partition coefficient (Wildman–Crippen LogP) is 4.92.